The molecular formula is C14H21NO2S. The zero-order chi connectivity index (χ0) is 13.2. The van der Waals surface area contributed by atoms with Gasteiger partial charge in [-0.25, -0.2) is 8.42 Å². The highest BCUT2D eigenvalue weighted by molar-refractivity contribution is 7.91. The molecule has 0 radical (unpaired) electrons. The minimum absolute atomic E-state index is 0.331. The van der Waals surface area contributed by atoms with Crippen molar-refractivity contribution < 1.29 is 8.42 Å². The number of rotatable bonds is 3. The van der Waals surface area contributed by atoms with Crippen LogP contribution in [-0.2, 0) is 16.4 Å². The van der Waals surface area contributed by atoms with Crippen LogP contribution in [0.5, 0.6) is 0 Å². The first-order valence-corrected chi connectivity index (χ1v) is 8.29. The van der Waals surface area contributed by atoms with Crippen molar-refractivity contribution in [1.82, 2.24) is 5.32 Å². The smallest absolute Gasteiger partial charge is 0.150 e. The van der Waals surface area contributed by atoms with Gasteiger partial charge in [0.1, 0.15) is 9.84 Å². The maximum atomic E-state index is 11.3. The number of hydrogen-bond acceptors (Lipinski definition) is 3. The van der Waals surface area contributed by atoms with Crippen LogP contribution < -0.4 is 5.32 Å². The number of nitrogens with one attached hydrogen (secondary N) is 1. The number of sulfone groups is 1. The van der Waals surface area contributed by atoms with E-state index in [1.54, 1.807) is 0 Å². The van der Waals surface area contributed by atoms with Gasteiger partial charge in [-0.05, 0) is 43.4 Å². The SMILES string of the molecule is Cc1cccc(CNC2CCS(=O)(=O)CC2)c1C. The molecule has 0 saturated carbocycles. The van der Waals surface area contributed by atoms with Crippen LogP contribution in [0.1, 0.15) is 29.5 Å². The van der Waals surface area contributed by atoms with Gasteiger partial charge in [0.25, 0.3) is 0 Å². The van der Waals surface area contributed by atoms with Crippen LogP contribution in [0, 0.1) is 13.8 Å². The van der Waals surface area contributed by atoms with Crippen molar-refractivity contribution in [3.05, 3.63) is 34.9 Å². The molecule has 3 nitrogen and oxygen atoms in total. The first-order valence-electron chi connectivity index (χ1n) is 6.47. The molecule has 2 rings (SSSR count). The molecule has 1 heterocycles. The van der Waals surface area contributed by atoms with E-state index in [1.807, 2.05) is 0 Å². The van der Waals surface area contributed by atoms with Crippen molar-refractivity contribution >= 4 is 9.84 Å². The third kappa shape index (κ3) is 3.33. The van der Waals surface area contributed by atoms with Crippen molar-refractivity contribution in [2.75, 3.05) is 11.5 Å². The first kappa shape index (κ1) is 13.6. The highest BCUT2D eigenvalue weighted by atomic mass is 32.2. The summed E-state index contributed by atoms with van der Waals surface area (Å²) in [5, 5.41) is 3.48. The lowest BCUT2D eigenvalue weighted by Crippen LogP contribution is -2.37. The molecule has 1 N–H and O–H groups in total. The minimum Gasteiger partial charge on any atom is -0.310 e. The highest BCUT2D eigenvalue weighted by Gasteiger charge is 2.23. The molecule has 0 atom stereocenters. The third-order valence-corrected chi connectivity index (χ3v) is 5.57. The van der Waals surface area contributed by atoms with Gasteiger partial charge in [-0.15, -0.1) is 0 Å². The molecule has 0 spiro atoms. The summed E-state index contributed by atoms with van der Waals surface area (Å²) in [5.41, 5.74) is 3.94. The number of aryl methyl sites for hydroxylation is 1. The second-order valence-corrected chi connectivity index (χ2v) is 7.47. The zero-order valence-electron chi connectivity index (χ0n) is 11.1. The van der Waals surface area contributed by atoms with E-state index < -0.39 is 9.84 Å². The van der Waals surface area contributed by atoms with E-state index in [0.29, 0.717) is 17.5 Å². The standard InChI is InChI=1S/C14H21NO2S/c1-11-4-3-5-13(12(11)2)10-15-14-6-8-18(16,17)9-7-14/h3-5,14-15H,6-10H2,1-2H3. The highest BCUT2D eigenvalue weighted by Crippen LogP contribution is 2.15. The van der Waals surface area contributed by atoms with Gasteiger partial charge in [-0.2, -0.15) is 0 Å². The van der Waals surface area contributed by atoms with Crippen LogP contribution in [0.3, 0.4) is 0 Å². The Morgan fingerprint density at radius 1 is 1.22 bits per heavy atom. The quantitative estimate of drug-likeness (QED) is 0.911. The monoisotopic (exact) mass is 267 g/mol. The Morgan fingerprint density at radius 2 is 1.89 bits per heavy atom. The Hall–Kier alpha value is -0.870. The summed E-state index contributed by atoms with van der Waals surface area (Å²) >= 11 is 0. The van der Waals surface area contributed by atoms with Crippen LogP contribution in [0.4, 0.5) is 0 Å². The van der Waals surface area contributed by atoms with Gasteiger partial charge >= 0.3 is 0 Å². The zero-order valence-corrected chi connectivity index (χ0v) is 11.9. The number of hydrogen-bond donors (Lipinski definition) is 1. The maximum Gasteiger partial charge on any atom is 0.150 e. The molecule has 0 bridgehead atoms. The molecule has 1 aromatic rings. The maximum absolute atomic E-state index is 11.3. The lowest BCUT2D eigenvalue weighted by atomic mass is 10.0. The summed E-state index contributed by atoms with van der Waals surface area (Å²) in [6, 6.07) is 6.67. The van der Waals surface area contributed by atoms with Crippen molar-refractivity contribution in [3.8, 4) is 0 Å². The summed E-state index contributed by atoms with van der Waals surface area (Å²) in [7, 11) is -2.75. The van der Waals surface area contributed by atoms with Crippen molar-refractivity contribution in [2.24, 2.45) is 0 Å². The predicted molar refractivity (Wildman–Crippen MR) is 74.4 cm³/mol. The second-order valence-electron chi connectivity index (χ2n) is 5.17. The van der Waals surface area contributed by atoms with E-state index in [-0.39, 0.29) is 0 Å². The van der Waals surface area contributed by atoms with Gasteiger partial charge in [0.05, 0.1) is 11.5 Å². The summed E-state index contributed by atoms with van der Waals surface area (Å²) in [6.07, 6.45) is 1.49. The van der Waals surface area contributed by atoms with Gasteiger partial charge in [0.2, 0.25) is 0 Å². The molecule has 18 heavy (non-hydrogen) atoms. The van der Waals surface area contributed by atoms with E-state index in [1.165, 1.54) is 16.7 Å². The van der Waals surface area contributed by atoms with Crippen molar-refractivity contribution in [1.29, 1.82) is 0 Å². The fourth-order valence-corrected chi connectivity index (χ4v) is 3.84. The molecule has 0 aliphatic carbocycles. The van der Waals surface area contributed by atoms with E-state index in [9.17, 15) is 8.42 Å². The Balaban J connectivity index is 1.91. The van der Waals surface area contributed by atoms with Gasteiger partial charge in [0, 0.05) is 12.6 Å². The van der Waals surface area contributed by atoms with Crippen LogP contribution in [0.25, 0.3) is 0 Å². The van der Waals surface area contributed by atoms with Gasteiger partial charge in [-0.3, -0.25) is 0 Å². The fraction of sp³-hybridized carbons (Fsp3) is 0.571. The molecule has 1 aliphatic heterocycles. The summed E-state index contributed by atoms with van der Waals surface area (Å²) in [5.74, 6) is 0.662. The Kier molecular flexibility index (Phi) is 4.07. The number of benzene rings is 1. The Labute approximate surface area is 110 Å². The van der Waals surface area contributed by atoms with Crippen molar-refractivity contribution in [3.63, 3.8) is 0 Å². The van der Waals surface area contributed by atoms with Crippen LogP contribution >= 0.6 is 0 Å². The molecule has 1 aromatic carbocycles. The fourth-order valence-electron chi connectivity index (χ4n) is 2.35. The van der Waals surface area contributed by atoms with Gasteiger partial charge in [-0.1, -0.05) is 18.2 Å². The van der Waals surface area contributed by atoms with Gasteiger partial charge in [0.15, 0.2) is 0 Å². The molecule has 0 unspecified atom stereocenters. The van der Waals surface area contributed by atoms with Crippen LogP contribution in [0.2, 0.25) is 0 Å². The van der Waals surface area contributed by atoms with E-state index in [4.69, 9.17) is 0 Å². The van der Waals surface area contributed by atoms with Gasteiger partial charge < -0.3 is 5.32 Å². The van der Waals surface area contributed by atoms with Crippen LogP contribution in [-0.4, -0.2) is 26.0 Å². The Bertz CT molecular complexity index is 509. The minimum atomic E-state index is -2.75. The molecule has 100 valence electrons. The van der Waals surface area contributed by atoms with Crippen molar-refractivity contribution in [2.45, 2.75) is 39.3 Å². The normalized spacial score (nSPS) is 19.9. The summed E-state index contributed by atoms with van der Waals surface area (Å²) < 4.78 is 22.7. The third-order valence-electron chi connectivity index (χ3n) is 3.85. The lowest BCUT2D eigenvalue weighted by molar-refractivity contribution is 0.462. The van der Waals surface area contributed by atoms with E-state index in [0.717, 1.165) is 19.4 Å². The van der Waals surface area contributed by atoms with Crippen LogP contribution in [0.15, 0.2) is 18.2 Å². The largest absolute Gasteiger partial charge is 0.310 e. The average Bonchev–Trinajstić information content (AvgIpc) is 2.33. The van der Waals surface area contributed by atoms with E-state index in [2.05, 4.69) is 37.4 Å². The molecule has 1 saturated heterocycles. The molecule has 1 aliphatic rings. The predicted octanol–water partition coefficient (Wildman–Crippen LogP) is 1.97. The lowest BCUT2D eigenvalue weighted by Gasteiger charge is -2.23. The summed E-state index contributed by atoms with van der Waals surface area (Å²) in [6.45, 7) is 5.09. The first-order chi connectivity index (χ1) is 8.48. The second kappa shape index (κ2) is 5.41. The topological polar surface area (TPSA) is 46.2 Å². The Morgan fingerprint density at radius 3 is 2.56 bits per heavy atom. The molecular weight excluding hydrogens is 246 g/mol. The average molecular weight is 267 g/mol. The molecule has 0 amide bonds. The molecule has 0 aromatic heterocycles. The molecule has 1 fully saturated rings. The summed E-state index contributed by atoms with van der Waals surface area (Å²) in [4.78, 5) is 0. The molecule has 4 heteroatoms. The van der Waals surface area contributed by atoms with E-state index >= 15 is 0 Å².